The molecular formula is C11H20N4O2S. The molecule has 7 heteroatoms. The second-order valence-corrected chi connectivity index (χ2v) is 5.02. The minimum atomic E-state index is -0.168. The lowest BCUT2D eigenvalue weighted by molar-refractivity contribution is 0.0754. The summed E-state index contributed by atoms with van der Waals surface area (Å²) in [6.45, 7) is 5.39. The highest BCUT2D eigenvalue weighted by atomic mass is 32.1. The number of carbonyl (C=O) groups excluding carboxylic acids is 1. The van der Waals surface area contributed by atoms with Crippen molar-refractivity contribution in [2.24, 2.45) is 0 Å². The Morgan fingerprint density at radius 1 is 1.39 bits per heavy atom. The van der Waals surface area contributed by atoms with Crippen molar-refractivity contribution in [1.29, 1.82) is 0 Å². The summed E-state index contributed by atoms with van der Waals surface area (Å²) in [5.74, 6) is -0.168. The fourth-order valence-electron chi connectivity index (χ4n) is 1.24. The van der Waals surface area contributed by atoms with Gasteiger partial charge >= 0.3 is 0 Å². The van der Waals surface area contributed by atoms with Gasteiger partial charge in [-0.1, -0.05) is 11.3 Å². The molecular weight excluding hydrogens is 252 g/mol. The van der Waals surface area contributed by atoms with Gasteiger partial charge in [0.2, 0.25) is 10.1 Å². The van der Waals surface area contributed by atoms with E-state index in [0.717, 1.165) is 19.4 Å². The molecule has 0 fully saturated rings. The van der Waals surface area contributed by atoms with Crippen molar-refractivity contribution in [3.8, 4) is 0 Å². The molecule has 18 heavy (non-hydrogen) atoms. The van der Waals surface area contributed by atoms with Crippen LogP contribution < -0.4 is 10.6 Å². The van der Waals surface area contributed by atoms with E-state index in [-0.39, 0.29) is 12.0 Å². The van der Waals surface area contributed by atoms with Crippen LogP contribution in [0.5, 0.6) is 0 Å². The minimum absolute atomic E-state index is 0.168. The first-order valence-electron chi connectivity index (χ1n) is 6.04. The summed E-state index contributed by atoms with van der Waals surface area (Å²) in [7, 11) is 1.75. The zero-order valence-corrected chi connectivity index (χ0v) is 11.8. The second kappa shape index (κ2) is 7.99. The van der Waals surface area contributed by atoms with Crippen LogP contribution in [-0.4, -0.2) is 42.4 Å². The number of unbranched alkanes of at least 4 members (excludes halogenated alkanes) is 1. The molecule has 0 bridgehead atoms. The number of hydrogen-bond acceptors (Lipinski definition) is 6. The number of anilines is 1. The molecule has 6 nitrogen and oxygen atoms in total. The third kappa shape index (κ3) is 5.42. The fraction of sp³-hybridized carbons (Fsp3) is 0.727. The highest BCUT2D eigenvalue weighted by Gasteiger charge is 2.11. The Hall–Kier alpha value is -1.21. The molecule has 1 heterocycles. The van der Waals surface area contributed by atoms with Crippen LogP contribution in [0.1, 0.15) is 36.5 Å². The van der Waals surface area contributed by atoms with E-state index in [1.54, 1.807) is 7.05 Å². The Morgan fingerprint density at radius 3 is 2.78 bits per heavy atom. The van der Waals surface area contributed by atoms with Gasteiger partial charge in [0.15, 0.2) is 0 Å². The van der Waals surface area contributed by atoms with Crippen molar-refractivity contribution in [3.05, 3.63) is 5.01 Å². The molecule has 1 aromatic rings. The number of hydrogen-bond donors (Lipinski definition) is 2. The Labute approximate surface area is 111 Å². The zero-order valence-electron chi connectivity index (χ0n) is 11.0. The molecule has 1 rings (SSSR count). The maximum absolute atomic E-state index is 11.7. The maximum Gasteiger partial charge on any atom is 0.282 e. The van der Waals surface area contributed by atoms with E-state index >= 15 is 0 Å². The minimum Gasteiger partial charge on any atom is -0.379 e. The van der Waals surface area contributed by atoms with Crippen molar-refractivity contribution >= 4 is 22.4 Å². The molecule has 1 amide bonds. The summed E-state index contributed by atoms with van der Waals surface area (Å²) in [6, 6.07) is 0. The summed E-state index contributed by atoms with van der Waals surface area (Å²) in [5.41, 5.74) is 0. The number of nitrogens with one attached hydrogen (secondary N) is 2. The van der Waals surface area contributed by atoms with Gasteiger partial charge < -0.3 is 15.4 Å². The van der Waals surface area contributed by atoms with E-state index in [1.807, 2.05) is 13.8 Å². The normalized spacial score (nSPS) is 10.7. The Morgan fingerprint density at radius 2 is 2.17 bits per heavy atom. The molecule has 102 valence electrons. The summed E-state index contributed by atoms with van der Waals surface area (Å²) in [6.07, 6.45) is 2.10. The van der Waals surface area contributed by atoms with Gasteiger partial charge in [0.1, 0.15) is 0 Å². The molecule has 0 spiro atoms. The van der Waals surface area contributed by atoms with E-state index in [0.29, 0.717) is 16.7 Å². The van der Waals surface area contributed by atoms with Crippen molar-refractivity contribution < 1.29 is 9.53 Å². The average Bonchev–Trinajstić information content (AvgIpc) is 2.81. The highest BCUT2D eigenvalue weighted by Crippen LogP contribution is 2.13. The van der Waals surface area contributed by atoms with Gasteiger partial charge in [0.05, 0.1) is 6.10 Å². The first-order chi connectivity index (χ1) is 8.63. The molecule has 2 N–H and O–H groups in total. The Bertz CT molecular complexity index is 368. The van der Waals surface area contributed by atoms with Crippen LogP contribution in [0.3, 0.4) is 0 Å². The average molecular weight is 272 g/mol. The Kier molecular flexibility index (Phi) is 6.59. The van der Waals surface area contributed by atoms with Crippen LogP contribution in [0.25, 0.3) is 0 Å². The van der Waals surface area contributed by atoms with Crippen molar-refractivity contribution in [3.63, 3.8) is 0 Å². The van der Waals surface area contributed by atoms with E-state index in [4.69, 9.17) is 4.74 Å². The van der Waals surface area contributed by atoms with Crippen LogP contribution in [0.2, 0.25) is 0 Å². The number of carbonyl (C=O) groups is 1. The largest absolute Gasteiger partial charge is 0.379 e. The lowest BCUT2D eigenvalue weighted by Gasteiger charge is -2.07. The van der Waals surface area contributed by atoms with Crippen molar-refractivity contribution in [2.75, 3.05) is 25.5 Å². The molecule has 0 saturated heterocycles. The zero-order chi connectivity index (χ0) is 13.4. The molecule has 0 aromatic carbocycles. The van der Waals surface area contributed by atoms with Crippen LogP contribution in [0.4, 0.5) is 5.13 Å². The second-order valence-electron chi connectivity index (χ2n) is 4.04. The molecule has 0 atom stereocenters. The monoisotopic (exact) mass is 272 g/mol. The lowest BCUT2D eigenvalue weighted by Crippen LogP contribution is -2.24. The van der Waals surface area contributed by atoms with Crippen LogP contribution in [0.15, 0.2) is 0 Å². The summed E-state index contributed by atoms with van der Waals surface area (Å²) in [4.78, 5) is 11.7. The van der Waals surface area contributed by atoms with E-state index in [1.165, 1.54) is 11.3 Å². The quantitative estimate of drug-likeness (QED) is 0.702. The van der Waals surface area contributed by atoms with Crippen molar-refractivity contribution in [1.82, 2.24) is 15.5 Å². The van der Waals surface area contributed by atoms with Gasteiger partial charge in [-0.15, -0.1) is 10.2 Å². The summed E-state index contributed by atoms with van der Waals surface area (Å²) >= 11 is 1.24. The molecule has 0 aliphatic heterocycles. The molecule has 1 aromatic heterocycles. The van der Waals surface area contributed by atoms with Gasteiger partial charge in [0, 0.05) is 20.2 Å². The standard InChI is InChI=1S/C11H20N4O2S/c1-8(2)17-7-5-4-6-13-9(16)10-14-15-11(12-3)18-10/h8H,4-7H2,1-3H3,(H,12,15)(H,13,16). The predicted octanol–water partition coefficient (Wildman–Crippen LogP) is 1.51. The molecule has 0 saturated carbocycles. The van der Waals surface area contributed by atoms with Gasteiger partial charge in [-0.25, -0.2) is 0 Å². The number of aromatic nitrogens is 2. The van der Waals surface area contributed by atoms with Crippen LogP contribution in [0, 0.1) is 0 Å². The van der Waals surface area contributed by atoms with E-state index in [2.05, 4.69) is 20.8 Å². The number of nitrogens with zero attached hydrogens (tertiary/aromatic N) is 2. The molecule has 0 aliphatic rings. The lowest BCUT2D eigenvalue weighted by atomic mass is 10.3. The summed E-state index contributed by atoms with van der Waals surface area (Å²) < 4.78 is 5.41. The predicted molar refractivity (Wildman–Crippen MR) is 72.1 cm³/mol. The first kappa shape index (κ1) is 14.8. The van der Waals surface area contributed by atoms with Gasteiger partial charge in [-0.05, 0) is 26.7 Å². The fourth-order valence-corrected chi connectivity index (χ4v) is 1.85. The number of ether oxygens (including phenoxy) is 1. The Balaban J connectivity index is 2.13. The third-order valence-corrected chi connectivity index (χ3v) is 3.08. The highest BCUT2D eigenvalue weighted by molar-refractivity contribution is 7.17. The maximum atomic E-state index is 11.7. The van der Waals surface area contributed by atoms with Gasteiger partial charge in [-0.3, -0.25) is 4.79 Å². The first-order valence-corrected chi connectivity index (χ1v) is 6.86. The third-order valence-electron chi connectivity index (χ3n) is 2.14. The van der Waals surface area contributed by atoms with Gasteiger partial charge in [0.25, 0.3) is 5.91 Å². The smallest absolute Gasteiger partial charge is 0.282 e. The molecule has 0 aliphatic carbocycles. The topological polar surface area (TPSA) is 76.1 Å². The van der Waals surface area contributed by atoms with E-state index < -0.39 is 0 Å². The van der Waals surface area contributed by atoms with Crippen LogP contribution in [-0.2, 0) is 4.74 Å². The molecule has 0 unspecified atom stereocenters. The van der Waals surface area contributed by atoms with Gasteiger partial charge in [-0.2, -0.15) is 0 Å². The number of rotatable bonds is 8. The summed E-state index contributed by atoms with van der Waals surface area (Å²) in [5, 5.41) is 14.3. The van der Waals surface area contributed by atoms with Crippen molar-refractivity contribution in [2.45, 2.75) is 32.8 Å². The number of amides is 1. The SMILES string of the molecule is CNc1nnc(C(=O)NCCCCOC(C)C)s1. The van der Waals surface area contributed by atoms with Crippen LogP contribution >= 0.6 is 11.3 Å². The van der Waals surface area contributed by atoms with E-state index in [9.17, 15) is 4.79 Å². The molecule has 0 radical (unpaired) electrons.